The highest BCUT2D eigenvalue weighted by Gasteiger charge is 2.54. The highest BCUT2D eigenvalue weighted by atomic mass is 16.6. The molecule has 0 bridgehead atoms. The minimum absolute atomic E-state index is 0.0638. The quantitative estimate of drug-likeness (QED) is 0.567. The summed E-state index contributed by atoms with van der Waals surface area (Å²) in [5.41, 5.74) is -0.695. The van der Waals surface area contributed by atoms with Gasteiger partial charge in [-0.3, -0.25) is 14.5 Å². The van der Waals surface area contributed by atoms with Crippen molar-refractivity contribution in [1.29, 1.82) is 0 Å². The average Bonchev–Trinajstić information content (AvgIpc) is 2.60. The molecule has 27 heavy (non-hydrogen) atoms. The van der Waals surface area contributed by atoms with Crippen LogP contribution >= 0.6 is 0 Å². The van der Waals surface area contributed by atoms with Gasteiger partial charge in [0.2, 0.25) is 0 Å². The monoisotopic (exact) mass is 373 g/mol. The van der Waals surface area contributed by atoms with Crippen molar-refractivity contribution in [1.82, 2.24) is 15.5 Å². The van der Waals surface area contributed by atoms with Crippen LogP contribution in [0.25, 0.3) is 0 Å². The number of carbonyl (C=O) groups is 3. The Morgan fingerprint density at radius 2 is 1.85 bits per heavy atom. The number of hydrogen-bond donors (Lipinski definition) is 2. The molecule has 144 valence electrons. The minimum atomic E-state index is -1.34. The largest absolute Gasteiger partial charge is 0.631 e. The second kappa shape index (κ2) is 9.22. The summed E-state index contributed by atoms with van der Waals surface area (Å²) in [6.45, 7) is 5.81. The molecule has 1 unspecified atom stereocenters. The molecular formula is C18H24BN3O5. The molecule has 2 N–H and O–H groups in total. The van der Waals surface area contributed by atoms with Crippen LogP contribution in [0, 0.1) is 0 Å². The molecule has 2 amide bonds. The first-order valence-corrected chi connectivity index (χ1v) is 8.71. The highest BCUT2D eigenvalue weighted by molar-refractivity contribution is 6.53. The van der Waals surface area contributed by atoms with Crippen molar-refractivity contribution in [2.45, 2.75) is 18.8 Å². The molecular weight excluding hydrogens is 349 g/mol. The minimum Gasteiger partial charge on any atom is -0.496 e. The fraction of sp³-hybridized carbons (Fsp3) is 0.389. The van der Waals surface area contributed by atoms with E-state index in [1.807, 2.05) is 6.07 Å². The van der Waals surface area contributed by atoms with Gasteiger partial charge in [-0.15, -0.1) is 6.58 Å². The van der Waals surface area contributed by atoms with Crippen LogP contribution in [0.15, 0.2) is 43.0 Å². The van der Waals surface area contributed by atoms with E-state index in [-0.39, 0.29) is 19.5 Å². The van der Waals surface area contributed by atoms with Gasteiger partial charge in [-0.2, -0.15) is 0 Å². The Morgan fingerprint density at radius 1 is 1.26 bits per heavy atom. The number of hydrogen-bond acceptors (Lipinski definition) is 6. The molecule has 1 atom stereocenters. The fourth-order valence-electron chi connectivity index (χ4n) is 2.94. The number of nitrogens with one attached hydrogen (secondary N) is 2. The van der Waals surface area contributed by atoms with Gasteiger partial charge >= 0.3 is 25.1 Å². The molecule has 1 saturated heterocycles. The zero-order valence-corrected chi connectivity index (χ0v) is 15.6. The van der Waals surface area contributed by atoms with E-state index in [1.165, 1.54) is 4.90 Å². The van der Waals surface area contributed by atoms with Crippen molar-refractivity contribution >= 4 is 25.1 Å². The normalized spacial score (nSPS) is 17.6. The van der Waals surface area contributed by atoms with E-state index >= 15 is 0 Å². The number of urea groups is 1. The van der Waals surface area contributed by atoms with Crippen LogP contribution in [0.2, 0.25) is 0 Å². The molecule has 1 aromatic rings. The highest BCUT2D eigenvalue weighted by Crippen LogP contribution is 2.31. The second-order valence-electron chi connectivity index (χ2n) is 6.30. The summed E-state index contributed by atoms with van der Waals surface area (Å²) >= 11 is 0. The third-order valence-corrected chi connectivity index (χ3v) is 4.11. The van der Waals surface area contributed by atoms with Gasteiger partial charge in [-0.05, 0) is 26.0 Å². The number of benzene rings is 1. The Hall–Kier alpha value is -2.81. The smallest absolute Gasteiger partial charge is 0.496 e. The second-order valence-corrected chi connectivity index (χ2v) is 6.30. The summed E-state index contributed by atoms with van der Waals surface area (Å²) in [6, 6.07) is 8.44. The van der Waals surface area contributed by atoms with Gasteiger partial charge in [-0.1, -0.05) is 36.4 Å². The SMILES string of the molecule is C=CCC(NC(=O)NCC)(B1OC(=O)CN(C)CC(=O)O1)c1ccccc1. The summed E-state index contributed by atoms with van der Waals surface area (Å²) in [7, 11) is 0.276. The van der Waals surface area contributed by atoms with Gasteiger partial charge in [0.05, 0.1) is 13.1 Å². The van der Waals surface area contributed by atoms with Gasteiger partial charge in [0.1, 0.15) is 5.44 Å². The average molecular weight is 373 g/mol. The lowest BCUT2D eigenvalue weighted by molar-refractivity contribution is -0.146. The lowest BCUT2D eigenvalue weighted by atomic mass is 9.58. The van der Waals surface area contributed by atoms with E-state index in [0.717, 1.165) is 0 Å². The van der Waals surface area contributed by atoms with E-state index in [1.54, 1.807) is 44.3 Å². The molecule has 0 spiro atoms. The maximum Gasteiger partial charge on any atom is 0.631 e. The molecule has 0 aromatic heterocycles. The van der Waals surface area contributed by atoms with E-state index in [0.29, 0.717) is 12.1 Å². The van der Waals surface area contributed by atoms with Crippen molar-refractivity contribution in [2.24, 2.45) is 0 Å². The fourth-order valence-corrected chi connectivity index (χ4v) is 2.94. The third-order valence-electron chi connectivity index (χ3n) is 4.11. The predicted octanol–water partition coefficient (Wildman–Crippen LogP) is 0.836. The Kier molecular flexibility index (Phi) is 7.01. The number of likely N-dealkylation sites (N-methyl/N-ethyl adjacent to an activating group) is 1. The third kappa shape index (κ3) is 5.10. The Balaban J connectivity index is 2.50. The van der Waals surface area contributed by atoms with Crippen LogP contribution in [0.5, 0.6) is 0 Å². The first-order valence-electron chi connectivity index (χ1n) is 8.71. The molecule has 9 heteroatoms. The summed E-state index contributed by atoms with van der Waals surface area (Å²) in [5, 5.41) is 5.48. The molecule has 1 fully saturated rings. The summed E-state index contributed by atoms with van der Waals surface area (Å²) in [6.07, 6.45) is 1.75. The Labute approximate surface area is 159 Å². The molecule has 0 radical (unpaired) electrons. The molecule has 1 aliphatic heterocycles. The first-order chi connectivity index (χ1) is 12.9. The zero-order chi connectivity index (χ0) is 19.9. The van der Waals surface area contributed by atoms with E-state index in [2.05, 4.69) is 17.2 Å². The predicted molar refractivity (Wildman–Crippen MR) is 101 cm³/mol. The van der Waals surface area contributed by atoms with Crippen LogP contribution in [0.3, 0.4) is 0 Å². The topological polar surface area (TPSA) is 97.0 Å². The van der Waals surface area contributed by atoms with Crippen LogP contribution < -0.4 is 10.6 Å². The van der Waals surface area contributed by atoms with Gasteiger partial charge in [0, 0.05) is 6.54 Å². The molecule has 1 aliphatic rings. The first kappa shape index (κ1) is 20.5. The van der Waals surface area contributed by atoms with Gasteiger partial charge < -0.3 is 19.9 Å². The van der Waals surface area contributed by atoms with E-state index in [4.69, 9.17) is 9.31 Å². The van der Waals surface area contributed by atoms with Crippen LogP contribution in [0.4, 0.5) is 4.79 Å². The van der Waals surface area contributed by atoms with Crippen molar-refractivity contribution in [2.75, 3.05) is 26.7 Å². The van der Waals surface area contributed by atoms with Crippen LogP contribution in [-0.4, -0.2) is 56.7 Å². The maximum atomic E-state index is 12.4. The summed E-state index contributed by atoms with van der Waals surface area (Å²) < 4.78 is 10.9. The molecule has 1 heterocycles. The summed E-state index contributed by atoms with van der Waals surface area (Å²) in [4.78, 5) is 38.4. The van der Waals surface area contributed by atoms with Crippen molar-refractivity contribution in [3.8, 4) is 0 Å². The maximum absolute atomic E-state index is 12.4. The van der Waals surface area contributed by atoms with Crippen LogP contribution in [-0.2, 0) is 24.3 Å². The summed E-state index contributed by atoms with van der Waals surface area (Å²) in [5.74, 6) is -1.12. The van der Waals surface area contributed by atoms with Crippen molar-refractivity contribution < 1.29 is 23.7 Å². The molecule has 0 aliphatic carbocycles. The zero-order valence-electron chi connectivity index (χ0n) is 15.6. The Morgan fingerprint density at radius 3 is 2.37 bits per heavy atom. The number of amides is 2. The number of rotatable bonds is 6. The molecule has 8 nitrogen and oxygen atoms in total. The molecule has 1 aromatic carbocycles. The van der Waals surface area contributed by atoms with Crippen molar-refractivity contribution in [3.05, 3.63) is 48.6 Å². The number of nitrogens with zero attached hydrogens (tertiary/aromatic N) is 1. The van der Waals surface area contributed by atoms with E-state index in [9.17, 15) is 14.4 Å². The van der Waals surface area contributed by atoms with Crippen LogP contribution in [0.1, 0.15) is 18.9 Å². The van der Waals surface area contributed by atoms with Gasteiger partial charge in [-0.25, -0.2) is 4.79 Å². The van der Waals surface area contributed by atoms with Gasteiger partial charge in [0.25, 0.3) is 0 Å². The molecule has 2 rings (SSSR count). The Bertz CT molecular complexity index is 679. The lowest BCUT2D eigenvalue weighted by Crippen LogP contribution is -2.62. The van der Waals surface area contributed by atoms with Gasteiger partial charge in [0.15, 0.2) is 0 Å². The van der Waals surface area contributed by atoms with Crippen molar-refractivity contribution in [3.63, 3.8) is 0 Å². The van der Waals surface area contributed by atoms with E-state index < -0.39 is 30.5 Å². The number of carbonyl (C=O) groups excluding carboxylic acids is 3. The molecule has 0 saturated carbocycles. The standard InChI is InChI=1S/C18H24BN3O5/c1-4-11-18(21-17(25)20-5-2,14-9-7-6-8-10-14)19-26-15(23)12-22(3)13-16(24)27-19/h4,6-10H,1,5,11-13H2,2-3H3,(H2,20,21,25). The lowest BCUT2D eigenvalue weighted by Gasteiger charge is -2.37.